The van der Waals surface area contributed by atoms with Crippen LogP contribution in [0, 0.1) is 12.8 Å². The van der Waals surface area contributed by atoms with Gasteiger partial charge in [0.15, 0.2) is 5.11 Å². The summed E-state index contributed by atoms with van der Waals surface area (Å²) in [5, 5.41) is 14.0. The zero-order valence-electron chi connectivity index (χ0n) is 27.4. The molecule has 9 nitrogen and oxygen atoms in total. The summed E-state index contributed by atoms with van der Waals surface area (Å²) < 4.78 is 1.78. The van der Waals surface area contributed by atoms with Crippen LogP contribution in [-0.2, 0) is 11.8 Å². The molecule has 2 fully saturated rings. The summed E-state index contributed by atoms with van der Waals surface area (Å²) in [4.78, 5) is 28.9. The van der Waals surface area contributed by atoms with Crippen LogP contribution in [-0.4, -0.2) is 43.8 Å². The summed E-state index contributed by atoms with van der Waals surface area (Å²) >= 11 is 4.96. The number of nitrogens with one attached hydrogen (secondary N) is 3. The number of aromatic nitrogens is 2. The van der Waals surface area contributed by atoms with E-state index in [4.69, 9.17) is 23.1 Å². The summed E-state index contributed by atoms with van der Waals surface area (Å²) in [6.45, 7) is 8.36. The van der Waals surface area contributed by atoms with Gasteiger partial charge in [0.25, 0.3) is 5.91 Å². The van der Waals surface area contributed by atoms with Crippen molar-refractivity contribution < 1.29 is 9.59 Å². The second kappa shape index (κ2) is 13.2. The summed E-state index contributed by atoms with van der Waals surface area (Å²) in [5.74, 6) is 1.14. The number of nitrogens with two attached hydrogens (primary N) is 1. The van der Waals surface area contributed by atoms with E-state index in [1.807, 2.05) is 73.7 Å². The van der Waals surface area contributed by atoms with Gasteiger partial charge in [-0.15, -0.1) is 0 Å². The molecule has 3 heterocycles. The standard InChI is InChI=1S/C37H43N7O2S/c1-23-11-13-29(14-12-23)44-33(22-32(42-44)37(2,3)4)41-36(46)40-27-9-5-7-24(18-27)17-25-19-30-15-16-31(20-25)43(30)34(45)26-8-6-10-28(21-26)39-35(38)47/h5-14,18,21-22,25,30-31H,15-17,19-20H2,1-4H3,(H3,38,39,47)(H2,40,41,46). The Balaban J connectivity index is 1.10. The van der Waals surface area contributed by atoms with Gasteiger partial charge in [0.2, 0.25) is 0 Å². The number of hydrogen-bond donors (Lipinski definition) is 4. The Bertz CT molecular complexity index is 1780. The highest BCUT2D eigenvalue weighted by atomic mass is 32.1. The molecule has 244 valence electrons. The molecule has 2 unspecified atom stereocenters. The fourth-order valence-electron chi connectivity index (χ4n) is 6.92. The molecular weight excluding hydrogens is 607 g/mol. The molecule has 3 aromatic carbocycles. The van der Waals surface area contributed by atoms with Crippen molar-refractivity contribution in [2.24, 2.45) is 11.7 Å². The maximum absolute atomic E-state index is 13.6. The molecule has 10 heteroatoms. The molecule has 2 saturated heterocycles. The van der Waals surface area contributed by atoms with Crippen LogP contribution in [0.5, 0.6) is 0 Å². The molecule has 0 spiro atoms. The molecule has 6 rings (SSSR count). The van der Waals surface area contributed by atoms with E-state index >= 15 is 0 Å². The van der Waals surface area contributed by atoms with E-state index < -0.39 is 0 Å². The highest BCUT2D eigenvalue weighted by Crippen LogP contribution is 2.41. The molecule has 2 aliphatic heterocycles. The van der Waals surface area contributed by atoms with Crippen molar-refractivity contribution in [2.75, 3.05) is 16.0 Å². The number of carbonyl (C=O) groups is 2. The molecule has 0 radical (unpaired) electrons. The van der Waals surface area contributed by atoms with Crippen molar-refractivity contribution in [1.82, 2.24) is 14.7 Å². The number of piperidine rings is 1. The molecule has 5 N–H and O–H groups in total. The number of carbonyl (C=O) groups excluding carboxylic acids is 2. The number of hydrogen-bond acceptors (Lipinski definition) is 4. The lowest BCUT2D eigenvalue weighted by molar-refractivity contribution is 0.0524. The molecule has 4 aromatic rings. The number of urea groups is 1. The fourth-order valence-corrected chi connectivity index (χ4v) is 7.03. The number of nitrogens with zero attached hydrogens (tertiary/aromatic N) is 3. The van der Waals surface area contributed by atoms with E-state index in [0.29, 0.717) is 17.3 Å². The summed E-state index contributed by atoms with van der Waals surface area (Å²) in [6, 6.07) is 25.6. The SMILES string of the molecule is Cc1ccc(-n2nc(C(C)(C)C)cc2NC(=O)Nc2cccc(CC3CC4CCC(C3)N4C(=O)c3cccc(NC(N)=S)c3)c2)cc1. The van der Waals surface area contributed by atoms with Crippen molar-refractivity contribution in [3.05, 3.63) is 101 Å². The van der Waals surface area contributed by atoms with Crippen molar-refractivity contribution >= 4 is 46.5 Å². The molecule has 1 aromatic heterocycles. The van der Waals surface area contributed by atoms with Gasteiger partial charge in [0, 0.05) is 40.5 Å². The number of rotatable bonds is 7. The van der Waals surface area contributed by atoms with Gasteiger partial charge in [0.1, 0.15) is 5.82 Å². The molecule has 3 amide bonds. The van der Waals surface area contributed by atoms with Crippen LogP contribution >= 0.6 is 12.2 Å². The monoisotopic (exact) mass is 649 g/mol. The Morgan fingerprint density at radius 3 is 2.21 bits per heavy atom. The minimum atomic E-state index is -0.326. The van der Waals surface area contributed by atoms with Crippen LogP contribution in [0.25, 0.3) is 5.69 Å². The lowest BCUT2D eigenvalue weighted by atomic mass is 9.85. The van der Waals surface area contributed by atoms with Crippen LogP contribution in [0.15, 0.2) is 78.9 Å². The fraction of sp³-hybridized carbons (Fsp3) is 0.351. The summed E-state index contributed by atoms with van der Waals surface area (Å²) in [6.07, 6.45) is 4.87. The topological polar surface area (TPSA) is 117 Å². The van der Waals surface area contributed by atoms with Gasteiger partial charge >= 0.3 is 6.03 Å². The Morgan fingerprint density at radius 2 is 1.55 bits per heavy atom. The molecule has 2 aliphatic rings. The third kappa shape index (κ3) is 7.49. The summed E-state index contributed by atoms with van der Waals surface area (Å²) in [5.41, 5.74) is 11.7. The van der Waals surface area contributed by atoms with E-state index in [0.717, 1.165) is 60.4 Å². The minimum Gasteiger partial charge on any atom is -0.376 e. The normalized spacial score (nSPS) is 18.9. The maximum Gasteiger partial charge on any atom is 0.324 e. The molecule has 0 saturated carbocycles. The molecule has 2 bridgehead atoms. The Kier molecular flexibility index (Phi) is 9.05. The second-order valence-electron chi connectivity index (χ2n) is 13.9. The Morgan fingerprint density at radius 1 is 0.894 bits per heavy atom. The highest BCUT2D eigenvalue weighted by Gasteiger charge is 2.43. The molecule has 0 aliphatic carbocycles. The minimum absolute atomic E-state index is 0.0677. The predicted octanol–water partition coefficient (Wildman–Crippen LogP) is 7.40. The first-order valence-corrected chi connectivity index (χ1v) is 16.7. The Hall–Kier alpha value is -4.70. The van der Waals surface area contributed by atoms with Crippen LogP contribution in [0.3, 0.4) is 0 Å². The van der Waals surface area contributed by atoms with E-state index in [1.165, 1.54) is 5.56 Å². The number of benzene rings is 3. The van der Waals surface area contributed by atoms with Crippen molar-refractivity contribution in [2.45, 2.75) is 77.3 Å². The maximum atomic E-state index is 13.6. The smallest absolute Gasteiger partial charge is 0.324 e. The van der Waals surface area contributed by atoms with Gasteiger partial charge in [0.05, 0.1) is 11.4 Å². The van der Waals surface area contributed by atoms with Gasteiger partial charge in [-0.1, -0.05) is 56.7 Å². The van der Waals surface area contributed by atoms with Crippen molar-refractivity contribution in [3.8, 4) is 5.69 Å². The largest absolute Gasteiger partial charge is 0.376 e. The van der Waals surface area contributed by atoms with Gasteiger partial charge in [-0.25, -0.2) is 9.48 Å². The molecular formula is C37H43N7O2S. The number of aryl methyl sites for hydroxylation is 1. The number of amides is 3. The van der Waals surface area contributed by atoms with Gasteiger partial charge in [-0.05, 0) is 105 Å². The molecule has 47 heavy (non-hydrogen) atoms. The van der Waals surface area contributed by atoms with Crippen LogP contribution < -0.4 is 21.7 Å². The van der Waals surface area contributed by atoms with E-state index in [2.05, 4.69) is 53.8 Å². The zero-order valence-corrected chi connectivity index (χ0v) is 28.2. The summed E-state index contributed by atoms with van der Waals surface area (Å²) in [7, 11) is 0. The first kappa shape index (κ1) is 32.2. The van der Waals surface area contributed by atoms with Gasteiger partial charge in [-0.3, -0.25) is 10.1 Å². The van der Waals surface area contributed by atoms with Crippen LogP contribution in [0.4, 0.5) is 22.0 Å². The van der Waals surface area contributed by atoms with E-state index in [-0.39, 0.29) is 34.5 Å². The Labute approximate surface area is 281 Å². The predicted molar refractivity (Wildman–Crippen MR) is 192 cm³/mol. The average Bonchev–Trinajstić information content (AvgIpc) is 3.55. The average molecular weight is 650 g/mol. The number of anilines is 3. The third-order valence-corrected chi connectivity index (χ3v) is 9.25. The number of fused-ring (bicyclic) bond motifs is 2. The van der Waals surface area contributed by atoms with Crippen molar-refractivity contribution in [1.29, 1.82) is 0 Å². The lowest BCUT2D eigenvalue weighted by Gasteiger charge is -2.39. The second-order valence-corrected chi connectivity index (χ2v) is 14.3. The lowest BCUT2D eigenvalue weighted by Crippen LogP contribution is -2.46. The van der Waals surface area contributed by atoms with E-state index in [1.54, 1.807) is 4.68 Å². The van der Waals surface area contributed by atoms with Gasteiger partial charge in [-0.2, -0.15) is 5.10 Å². The molecule has 2 atom stereocenters. The quantitative estimate of drug-likeness (QED) is 0.155. The van der Waals surface area contributed by atoms with E-state index in [9.17, 15) is 9.59 Å². The van der Waals surface area contributed by atoms with Crippen LogP contribution in [0.2, 0.25) is 0 Å². The number of thiocarbonyl (C=S) groups is 1. The third-order valence-electron chi connectivity index (χ3n) is 9.15. The van der Waals surface area contributed by atoms with Crippen LogP contribution in [0.1, 0.15) is 73.6 Å². The first-order valence-electron chi connectivity index (χ1n) is 16.3. The highest BCUT2D eigenvalue weighted by molar-refractivity contribution is 7.80. The zero-order chi connectivity index (χ0) is 33.3. The first-order chi connectivity index (χ1) is 22.4. The van der Waals surface area contributed by atoms with Gasteiger partial charge < -0.3 is 21.3 Å². The van der Waals surface area contributed by atoms with Crippen molar-refractivity contribution in [3.63, 3.8) is 0 Å².